The van der Waals surface area contributed by atoms with Crippen LogP contribution in [0, 0.1) is 0 Å². The third-order valence-electron chi connectivity index (χ3n) is 8.49. The van der Waals surface area contributed by atoms with E-state index < -0.39 is 39.9 Å². The van der Waals surface area contributed by atoms with Gasteiger partial charge < -0.3 is 24.8 Å². The molecule has 6 rings (SSSR count). The molecule has 2 aliphatic carbocycles. The number of rotatable bonds is 6. The minimum absolute atomic E-state index is 0. The van der Waals surface area contributed by atoms with Gasteiger partial charge in [0.2, 0.25) is 0 Å². The van der Waals surface area contributed by atoms with E-state index in [0.29, 0.717) is 0 Å². The fraction of sp³-hybridized carbons (Fsp3) is 0.306. The number of hydrogen-bond donors (Lipinski definition) is 0. The zero-order valence-electron chi connectivity index (χ0n) is 26.0. The van der Waals surface area contributed by atoms with Crippen molar-refractivity contribution in [3.63, 3.8) is 0 Å². The Labute approximate surface area is 279 Å². The van der Waals surface area contributed by atoms with Crippen LogP contribution in [0.5, 0.6) is 0 Å². The first-order chi connectivity index (χ1) is 19.0. The summed E-state index contributed by atoms with van der Waals surface area (Å²) in [4.78, 5) is 0. The van der Waals surface area contributed by atoms with E-state index in [4.69, 9.17) is 4.43 Å². The molecular formula is C36H41Cl2OSi2Zr. The van der Waals surface area contributed by atoms with Gasteiger partial charge in [0.15, 0.2) is 0 Å². The summed E-state index contributed by atoms with van der Waals surface area (Å²) >= 11 is -1.12. The van der Waals surface area contributed by atoms with E-state index in [1.165, 1.54) is 33.4 Å². The van der Waals surface area contributed by atoms with E-state index in [1.807, 2.05) is 0 Å². The molecule has 0 heterocycles. The molecule has 0 bridgehead atoms. The van der Waals surface area contributed by atoms with Crippen molar-refractivity contribution in [3.05, 3.63) is 112 Å². The van der Waals surface area contributed by atoms with Gasteiger partial charge >= 0.3 is 256 Å². The number of halogens is 2. The van der Waals surface area contributed by atoms with Gasteiger partial charge in [-0.25, -0.2) is 0 Å². The van der Waals surface area contributed by atoms with Gasteiger partial charge in [0.05, 0.1) is 0 Å². The largest absolute Gasteiger partial charge is 1.00 e. The van der Waals surface area contributed by atoms with Gasteiger partial charge in [0.1, 0.15) is 0 Å². The summed E-state index contributed by atoms with van der Waals surface area (Å²) in [6, 6.07) is 30.4. The van der Waals surface area contributed by atoms with Crippen LogP contribution in [0.4, 0.5) is 0 Å². The van der Waals surface area contributed by atoms with Gasteiger partial charge in [0, 0.05) is 0 Å². The van der Waals surface area contributed by atoms with Gasteiger partial charge in [-0.3, -0.25) is 0 Å². The zero-order chi connectivity index (χ0) is 28.4. The molecule has 0 amide bonds. The summed E-state index contributed by atoms with van der Waals surface area (Å²) in [5.74, 6) is 0. The third kappa shape index (κ3) is 5.50. The predicted molar refractivity (Wildman–Crippen MR) is 174 cm³/mol. The number of benzene rings is 4. The minimum atomic E-state index is -1.75. The normalized spacial score (nSPS) is 14.5. The van der Waals surface area contributed by atoms with Gasteiger partial charge in [-0.15, -0.1) is 0 Å². The first-order valence-electron chi connectivity index (χ1n) is 14.8. The summed E-state index contributed by atoms with van der Waals surface area (Å²) in [5, 5.41) is 1.67. The molecule has 0 aromatic heterocycles. The summed E-state index contributed by atoms with van der Waals surface area (Å²) in [5.41, 5.74) is 15.1. The second-order valence-electron chi connectivity index (χ2n) is 13.1. The average molecular weight is 708 g/mol. The Kier molecular flexibility index (Phi) is 10.0. The van der Waals surface area contributed by atoms with Crippen molar-refractivity contribution >= 4 is 25.5 Å². The Balaban J connectivity index is 0.00000202. The van der Waals surface area contributed by atoms with Gasteiger partial charge in [-0.2, -0.15) is 0 Å². The molecule has 0 N–H and O–H groups in total. The molecule has 0 radical (unpaired) electrons. The van der Waals surface area contributed by atoms with Crippen molar-refractivity contribution in [2.75, 3.05) is 0 Å². The van der Waals surface area contributed by atoms with Crippen molar-refractivity contribution in [2.45, 2.75) is 69.2 Å². The summed E-state index contributed by atoms with van der Waals surface area (Å²) in [6.45, 7) is 19.2. The molecule has 1 nitrogen and oxygen atoms in total. The van der Waals surface area contributed by atoms with Crippen LogP contribution in [0.2, 0.25) is 32.7 Å². The van der Waals surface area contributed by atoms with Crippen LogP contribution in [0.1, 0.15) is 60.3 Å². The molecule has 217 valence electrons. The minimum Gasteiger partial charge on any atom is -1.00 e. The van der Waals surface area contributed by atoms with Crippen LogP contribution in [0.25, 0.3) is 22.3 Å². The molecule has 0 aliphatic heterocycles. The Bertz CT molecular complexity index is 1620. The van der Waals surface area contributed by atoms with Crippen LogP contribution < -0.4 is 30.0 Å². The Morgan fingerprint density at radius 2 is 1.33 bits per heavy atom. The maximum Gasteiger partial charge on any atom is -1.00 e. The average Bonchev–Trinajstić information content (AvgIpc) is 3.40. The predicted octanol–water partition coefficient (Wildman–Crippen LogP) is 2.44. The molecule has 4 aromatic carbocycles. The van der Waals surface area contributed by atoms with Crippen molar-refractivity contribution in [1.29, 1.82) is 0 Å². The Morgan fingerprint density at radius 1 is 0.810 bits per heavy atom. The van der Waals surface area contributed by atoms with Crippen molar-refractivity contribution < 1.29 is 52.0 Å². The molecule has 4 aromatic rings. The van der Waals surface area contributed by atoms with Gasteiger partial charge in [-0.05, 0) is 0 Å². The molecule has 2 aliphatic rings. The quantitative estimate of drug-likeness (QED) is 0.247. The first-order valence-corrected chi connectivity index (χ1v) is 23.5. The van der Waals surface area contributed by atoms with E-state index >= 15 is 0 Å². The molecule has 0 saturated carbocycles. The SMILES string of the molecule is C[C](C)=[Zr+2][C]1(c2c3c(cc(C(C)O[Si](C)(C)C)c2[SiH](C)C)-c2ccccc2C3)c2ccccc2-c2ccccc21.[Cl-].[Cl-]. The first kappa shape index (κ1) is 33.5. The van der Waals surface area contributed by atoms with Gasteiger partial charge in [0.25, 0.3) is 0 Å². The van der Waals surface area contributed by atoms with Crippen LogP contribution in [-0.2, 0) is 36.7 Å². The second-order valence-corrected chi connectivity index (χ2v) is 25.4. The van der Waals surface area contributed by atoms with Crippen molar-refractivity contribution in [3.8, 4) is 22.3 Å². The molecule has 0 spiro atoms. The maximum absolute atomic E-state index is 6.90. The fourth-order valence-electron chi connectivity index (χ4n) is 7.37. The van der Waals surface area contributed by atoms with Crippen LogP contribution >= 0.6 is 0 Å². The number of hydrogen-bond acceptors (Lipinski definition) is 1. The molecule has 6 heteroatoms. The molecular weight excluding hydrogens is 667 g/mol. The van der Waals surface area contributed by atoms with Gasteiger partial charge in [-0.1, -0.05) is 0 Å². The number of fused-ring (bicyclic) bond motifs is 6. The molecule has 1 unspecified atom stereocenters. The molecule has 42 heavy (non-hydrogen) atoms. The maximum atomic E-state index is 6.90. The van der Waals surface area contributed by atoms with E-state index in [2.05, 4.69) is 132 Å². The van der Waals surface area contributed by atoms with Crippen molar-refractivity contribution in [2.24, 2.45) is 0 Å². The summed E-state index contributed by atoms with van der Waals surface area (Å²) < 4.78 is 8.51. The van der Waals surface area contributed by atoms with Crippen molar-refractivity contribution in [1.82, 2.24) is 0 Å². The monoisotopic (exact) mass is 705 g/mol. The zero-order valence-corrected chi connectivity index (χ0v) is 32.2. The van der Waals surface area contributed by atoms with E-state index in [1.54, 1.807) is 30.6 Å². The topological polar surface area (TPSA) is 9.23 Å². The molecule has 1 atom stereocenters. The standard InChI is InChI=1S/C33H35OSi2.C3H6.2ClH.Zr/c1-21(34-36(4,5)6)28-20-29-23-14-8-7-13-22(23)19-30(29)32(33(28)35(2)3)31-26-17-11-9-15-24(26)25-16-10-12-18-27(25)31;1-3-2;;;/h7-18,20-21,35H,19H2,1-6H3;1-2H3;2*1H;/q;;;;+2/p-2. The second kappa shape index (κ2) is 12.5. The van der Waals surface area contributed by atoms with E-state index in [9.17, 15) is 0 Å². The smallest absolute Gasteiger partial charge is 1.00 e. The van der Waals surface area contributed by atoms with Crippen LogP contribution in [0.15, 0.2) is 78.9 Å². The Morgan fingerprint density at radius 3 is 1.86 bits per heavy atom. The van der Waals surface area contributed by atoms with E-state index in [-0.39, 0.29) is 34.0 Å². The summed E-state index contributed by atoms with van der Waals surface area (Å²) in [7, 11) is -3.03. The van der Waals surface area contributed by atoms with E-state index in [0.717, 1.165) is 6.42 Å². The van der Waals surface area contributed by atoms with Crippen LogP contribution in [-0.4, -0.2) is 20.3 Å². The van der Waals surface area contributed by atoms with Crippen LogP contribution in [0.3, 0.4) is 0 Å². The Hall–Kier alpha value is -1.39. The third-order valence-corrected chi connectivity index (χ3v) is 15.4. The molecule has 0 saturated heterocycles. The summed E-state index contributed by atoms with van der Waals surface area (Å²) in [6.07, 6.45) is 1.13. The fourth-order valence-corrected chi connectivity index (χ4v) is 15.5. The molecule has 0 fully saturated rings.